The summed E-state index contributed by atoms with van der Waals surface area (Å²) >= 11 is 0. The van der Waals surface area contributed by atoms with E-state index in [9.17, 15) is 24.0 Å². The van der Waals surface area contributed by atoms with Gasteiger partial charge in [0.05, 0.1) is 39.6 Å². The highest BCUT2D eigenvalue weighted by atomic mass is 35.5. The molecule has 0 radical (unpaired) electrons. The van der Waals surface area contributed by atoms with Crippen LogP contribution in [0.25, 0.3) is 0 Å². The number of carbonyl (C=O) groups excluding carboxylic acids is 4. The molecule has 4 amide bonds. The first-order valence-electron chi connectivity index (χ1n) is 25.6. The van der Waals surface area contributed by atoms with Crippen LogP contribution in [0.1, 0.15) is 130 Å². The van der Waals surface area contributed by atoms with Gasteiger partial charge in [-0.25, -0.2) is 14.4 Å². The molecular formula is C50H101ClN8O11. The monoisotopic (exact) mass is 1020 g/mol. The van der Waals surface area contributed by atoms with E-state index in [2.05, 4.69) is 70.6 Å². The molecule has 0 bridgehead atoms. The third-order valence-electron chi connectivity index (χ3n) is 12.7. The molecule has 3 heterocycles. The quantitative estimate of drug-likeness (QED) is 0.0955. The molecule has 7 N–H and O–H groups in total. The Morgan fingerprint density at radius 3 is 1.17 bits per heavy atom. The van der Waals surface area contributed by atoms with Crippen molar-refractivity contribution in [3.8, 4) is 0 Å². The molecule has 3 rings (SSSR count). The van der Waals surface area contributed by atoms with Crippen molar-refractivity contribution < 1.29 is 52.8 Å². The highest BCUT2D eigenvalue weighted by molar-refractivity contribution is 5.86. The number of aliphatic carboxylic acids is 1. The van der Waals surface area contributed by atoms with Crippen LogP contribution in [-0.4, -0.2) is 190 Å². The smallest absolute Gasteiger partial charge is 0.408 e. The van der Waals surface area contributed by atoms with Crippen molar-refractivity contribution in [2.75, 3.05) is 98.5 Å². The second-order valence-electron chi connectivity index (χ2n) is 20.7. The van der Waals surface area contributed by atoms with Crippen molar-refractivity contribution in [3.63, 3.8) is 0 Å². The van der Waals surface area contributed by atoms with Crippen LogP contribution >= 0.6 is 12.4 Å². The van der Waals surface area contributed by atoms with Crippen LogP contribution in [0.2, 0.25) is 0 Å². The van der Waals surface area contributed by atoms with Crippen LogP contribution in [0.5, 0.6) is 0 Å². The number of morpholine rings is 3. The topological polar surface area (TPSA) is 236 Å². The molecule has 70 heavy (non-hydrogen) atoms. The van der Waals surface area contributed by atoms with E-state index in [-0.39, 0.29) is 48.0 Å². The number of amides is 4. The maximum absolute atomic E-state index is 12.6. The largest absolute Gasteiger partial charge is 0.480 e. The Morgan fingerprint density at radius 2 is 0.857 bits per heavy atom. The van der Waals surface area contributed by atoms with Gasteiger partial charge in [0, 0.05) is 82.9 Å². The molecular weight excluding hydrogens is 924 g/mol. The number of hydrogen-bond acceptors (Lipinski definition) is 14. The maximum Gasteiger partial charge on any atom is 0.408 e. The summed E-state index contributed by atoms with van der Waals surface area (Å²) in [7, 11) is 0. The van der Waals surface area contributed by atoms with Gasteiger partial charge < -0.3 is 55.8 Å². The second-order valence-corrected chi connectivity index (χ2v) is 20.7. The van der Waals surface area contributed by atoms with Crippen molar-refractivity contribution in [1.29, 1.82) is 0 Å². The van der Waals surface area contributed by atoms with Gasteiger partial charge in [0.15, 0.2) is 0 Å². The Bertz CT molecular complexity index is 1440. The van der Waals surface area contributed by atoms with E-state index >= 15 is 0 Å². The molecule has 0 aromatic carbocycles. The summed E-state index contributed by atoms with van der Waals surface area (Å²) in [6, 6.07) is -0.366. The fourth-order valence-corrected chi connectivity index (χ4v) is 7.10. The number of nitrogens with zero attached hydrogens (tertiary/aromatic N) is 3. The summed E-state index contributed by atoms with van der Waals surface area (Å²) in [5, 5.41) is 20.1. The number of alkyl carbamates (subject to hydrolysis) is 2. The number of rotatable bonds is 19. The summed E-state index contributed by atoms with van der Waals surface area (Å²) < 4.78 is 26.2. The van der Waals surface area contributed by atoms with E-state index in [4.69, 9.17) is 34.5 Å². The van der Waals surface area contributed by atoms with E-state index in [1.165, 1.54) is 0 Å². The Labute approximate surface area is 429 Å². The summed E-state index contributed by atoms with van der Waals surface area (Å²) in [5.74, 6) is -0.586. The molecule has 3 unspecified atom stereocenters. The van der Waals surface area contributed by atoms with Crippen LogP contribution in [0.3, 0.4) is 0 Å². The third-order valence-corrected chi connectivity index (χ3v) is 12.7. The molecule has 0 spiro atoms. The van der Waals surface area contributed by atoms with Gasteiger partial charge in [0.2, 0.25) is 11.8 Å². The van der Waals surface area contributed by atoms with Crippen LogP contribution in [-0.2, 0) is 38.1 Å². The molecule has 0 aromatic rings. The molecule has 3 fully saturated rings. The van der Waals surface area contributed by atoms with Gasteiger partial charge >= 0.3 is 18.2 Å². The lowest BCUT2D eigenvalue weighted by Gasteiger charge is -2.33. The number of nitrogens with two attached hydrogens (primary N) is 1. The first-order chi connectivity index (χ1) is 32.2. The molecule has 0 saturated carbocycles. The van der Waals surface area contributed by atoms with Gasteiger partial charge in [-0.05, 0) is 80.1 Å². The number of halogens is 1. The minimum absolute atomic E-state index is 0. The summed E-state index contributed by atoms with van der Waals surface area (Å²) in [6.45, 7) is 43.5. The maximum atomic E-state index is 12.6. The van der Waals surface area contributed by atoms with Crippen molar-refractivity contribution in [3.05, 3.63) is 0 Å². The Morgan fingerprint density at radius 1 is 0.543 bits per heavy atom. The van der Waals surface area contributed by atoms with E-state index in [0.717, 1.165) is 105 Å². The van der Waals surface area contributed by atoms with Gasteiger partial charge in [-0.2, -0.15) is 0 Å². The molecule has 0 aromatic heterocycles. The zero-order valence-electron chi connectivity index (χ0n) is 46.3. The lowest BCUT2D eigenvalue weighted by Crippen LogP contribution is -2.54. The van der Waals surface area contributed by atoms with Gasteiger partial charge in [-0.1, -0.05) is 67.7 Å². The minimum atomic E-state index is -1.04. The predicted octanol–water partition coefficient (Wildman–Crippen LogP) is 5.37. The molecule has 414 valence electrons. The number of carboxylic acids is 1. The predicted molar refractivity (Wildman–Crippen MR) is 279 cm³/mol. The first-order valence-corrected chi connectivity index (χ1v) is 25.6. The number of nitrogens with one attached hydrogen (secondary N) is 4. The fraction of sp³-hybridized carbons (Fsp3) is 0.900. The van der Waals surface area contributed by atoms with Crippen LogP contribution in [0, 0.1) is 23.7 Å². The van der Waals surface area contributed by atoms with Crippen LogP contribution < -0.4 is 27.0 Å². The Balaban J connectivity index is 0. The van der Waals surface area contributed by atoms with E-state index < -0.39 is 41.4 Å². The number of hydrogen-bond donors (Lipinski definition) is 6. The minimum Gasteiger partial charge on any atom is -0.480 e. The van der Waals surface area contributed by atoms with Crippen LogP contribution in [0.4, 0.5) is 9.59 Å². The van der Waals surface area contributed by atoms with Gasteiger partial charge in [-0.15, -0.1) is 12.4 Å². The summed E-state index contributed by atoms with van der Waals surface area (Å²) in [5.41, 5.74) is 4.31. The number of ether oxygens (including phenoxy) is 5. The molecule has 9 atom stereocenters. The van der Waals surface area contributed by atoms with Gasteiger partial charge in [0.1, 0.15) is 23.3 Å². The highest BCUT2D eigenvalue weighted by Gasteiger charge is 2.30. The first kappa shape index (κ1) is 69.0. The van der Waals surface area contributed by atoms with E-state index in [1.54, 1.807) is 48.5 Å². The SMILES string of the molecule is CC(CN)N1CCOCC1.CC[C@H](C)[C@H](C)C(=O)NCC(C)N1CCOCC1.CC[C@H](C)[C@H](NC(=O)OC(C)(C)C)C(=O)NCC(C)N1CCOCC1.CC[C@H](C)[C@H](NC(=O)OC(C)(C)C)C(=O)O.Cl. The summed E-state index contributed by atoms with van der Waals surface area (Å²) in [6.07, 6.45) is 1.25. The zero-order valence-corrected chi connectivity index (χ0v) is 47.1. The number of carbonyl (C=O) groups is 5. The normalized spacial score (nSPS) is 19.7. The molecule has 3 aliphatic heterocycles. The zero-order chi connectivity index (χ0) is 52.9. The third kappa shape index (κ3) is 30.8. The Kier molecular flexibility index (Phi) is 36.3. The van der Waals surface area contributed by atoms with E-state index in [0.29, 0.717) is 31.0 Å². The average molecular weight is 1030 g/mol. The van der Waals surface area contributed by atoms with Crippen LogP contribution in [0.15, 0.2) is 0 Å². The van der Waals surface area contributed by atoms with Gasteiger partial charge in [-0.3, -0.25) is 24.3 Å². The second kappa shape index (κ2) is 36.8. The molecule has 20 heteroatoms. The van der Waals surface area contributed by atoms with Gasteiger partial charge in [0.25, 0.3) is 0 Å². The standard InChI is InChI=1S/C18H35N3O4.C14H28N2O2.C11H21NO4.C7H16N2O.ClH/c1-7-13(2)15(20-17(23)25-18(4,5)6)16(22)19-12-14(3)21-8-10-24-11-9-21;1-5-11(2)13(4)14(17)15-10-12(3)16-6-8-18-9-7-16;1-6-7(2)8(9(13)14)12-10(15)16-11(3,4)5;1-7(6-8)9-2-4-10-5-3-9;/h13-15H,7-12H2,1-6H3,(H,19,22)(H,20,23);11-13H,5-10H2,1-4H3,(H,15,17);7-8H,6H2,1-5H3,(H,12,15)(H,13,14);7H,2-6,8H2,1H3;1H/t13-,14?,15-;11-,12?,13-;7-,8-;;/m000../s1. The van der Waals surface area contributed by atoms with Crippen molar-refractivity contribution in [2.24, 2.45) is 29.4 Å². The Hall–Kier alpha value is -3.04. The fourth-order valence-electron chi connectivity index (χ4n) is 7.10. The lowest BCUT2D eigenvalue weighted by molar-refractivity contribution is -0.140. The molecule has 3 saturated heterocycles. The highest BCUT2D eigenvalue weighted by Crippen LogP contribution is 2.16. The molecule has 3 aliphatic rings. The number of carboxylic acid groups (broad SMARTS) is 1. The van der Waals surface area contributed by atoms with Crippen molar-refractivity contribution in [1.82, 2.24) is 36.0 Å². The van der Waals surface area contributed by atoms with Crippen molar-refractivity contribution in [2.45, 2.75) is 171 Å². The summed E-state index contributed by atoms with van der Waals surface area (Å²) in [4.78, 5) is 66.0. The lowest BCUT2D eigenvalue weighted by atomic mass is 9.93. The molecule has 19 nitrogen and oxygen atoms in total. The van der Waals surface area contributed by atoms with Crippen molar-refractivity contribution >= 4 is 42.4 Å². The van der Waals surface area contributed by atoms with E-state index in [1.807, 2.05) is 27.7 Å². The molecule has 0 aliphatic carbocycles. The average Bonchev–Trinajstić information content (AvgIpc) is 3.32.